The van der Waals surface area contributed by atoms with Gasteiger partial charge in [0.2, 0.25) is 0 Å². The Morgan fingerprint density at radius 3 is 2.08 bits per heavy atom. The van der Waals surface area contributed by atoms with Crippen molar-refractivity contribution in [3.8, 4) is 0 Å². The van der Waals surface area contributed by atoms with Gasteiger partial charge in [-0.3, -0.25) is 9.59 Å². The molecule has 142 valence electrons. The first-order valence-corrected chi connectivity index (χ1v) is 7.72. The summed E-state index contributed by atoms with van der Waals surface area (Å²) >= 11 is 0. The number of carbonyl (C=O) groups is 2. The predicted molar refractivity (Wildman–Crippen MR) is 70.3 cm³/mol. The minimum absolute atomic E-state index is 0.282. The van der Waals surface area contributed by atoms with Crippen molar-refractivity contribution in [1.29, 1.82) is 0 Å². The van der Waals surface area contributed by atoms with E-state index in [9.17, 15) is 41.0 Å². The molecule has 2 aliphatic carbocycles. The molecule has 1 saturated heterocycles. The molecule has 0 unspecified atom stereocenters. The first-order valence-electron chi connectivity index (χ1n) is 7.72. The van der Waals surface area contributed by atoms with Crippen LogP contribution in [0.25, 0.3) is 0 Å². The van der Waals surface area contributed by atoms with Gasteiger partial charge in [-0.05, 0) is 6.42 Å². The van der Waals surface area contributed by atoms with E-state index in [1.807, 2.05) is 5.32 Å². The Hall–Kier alpha value is -1.52. The van der Waals surface area contributed by atoms with Gasteiger partial charge in [0.1, 0.15) is 6.10 Å². The molecule has 2 atom stereocenters. The maximum absolute atomic E-state index is 13.9. The van der Waals surface area contributed by atoms with Crippen LogP contribution in [0.1, 0.15) is 32.1 Å². The molecular weight excluding hydrogens is 358 g/mol. The van der Waals surface area contributed by atoms with Crippen LogP contribution in [0.2, 0.25) is 0 Å². The van der Waals surface area contributed by atoms with Gasteiger partial charge in [0.05, 0.1) is 12.1 Å². The molecule has 0 aromatic rings. The highest BCUT2D eigenvalue weighted by Gasteiger charge is 2.69. The highest BCUT2D eigenvalue weighted by Crippen LogP contribution is 2.53. The number of carbonyl (C=O) groups excluding carboxylic acids is 2. The average molecular weight is 374 g/mol. The molecule has 2 amide bonds. The Kier molecular flexibility index (Phi) is 3.83. The summed E-state index contributed by atoms with van der Waals surface area (Å²) in [5.41, 5.74) is -2.25. The van der Waals surface area contributed by atoms with E-state index in [4.69, 9.17) is 0 Å². The molecule has 11 heteroatoms. The highest BCUT2D eigenvalue weighted by atomic mass is 19.3. The van der Waals surface area contributed by atoms with E-state index in [1.165, 1.54) is 0 Å². The topological polar surface area (TPSA) is 69.6 Å². The largest absolute Gasteiger partial charge is 0.384 e. The second-order valence-corrected chi connectivity index (χ2v) is 7.13. The monoisotopic (exact) mass is 374 g/mol. The number of rotatable bonds is 1. The predicted octanol–water partition coefficient (Wildman–Crippen LogP) is 1.30. The summed E-state index contributed by atoms with van der Waals surface area (Å²) in [4.78, 5) is 24.4. The van der Waals surface area contributed by atoms with E-state index in [0.29, 0.717) is 0 Å². The van der Waals surface area contributed by atoms with Crippen molar-refractivity contribution in [2.24, 2.45) is 0 Å². The lowest BCUT2D eigenvalue weighted by molar-refractivity contribution is -0.153. The maximum Gasteiger partial charge on any atom is 0.312 e. The molecule has 3 aliphatic rings. The normalized spacial score (nSPS) is 35.6. The summed E-state index contributed by atoms with van der Waals surface area (Å²) < 4.78 is 80.5. The van der Waals surface area contributed by atoms with Crippen LogP contribution in [0.15, 0.2) is 0 Å². The number of halogens is 6. The number of amides is 2. The zero-order chi connectivity index (χ0) is 18.8. The van der Waals surface area contributed by atoms with Crippen LogP contribution in [-0.4, -0.2) is 63.8 Å². The van der Waals surface area contributed by atoms with Crippen molar-refractivity contribution in [3.05, 3.63) is 0 Å². The van der Waals surface area contributed by atoms with Crippen LogP contribution in [0.4, 0.5) is 26.3 Å². The molecule has 1 aliphatic heterocycles. The lowest BCUT2D eigenvalue weighted by atomic mass is 9.88. The molecule has 3 rings (SSSR count). The summed E-state index contributed by atoms with van der Waals surface area (Å²) in [6.07, 6.45) is -6.48. The van der Waals surface area contributed by atoms with E-state index < -0.39 is 85.9 Å². The fraction of sp³-hybridized carbons (Fsp3) is 0.857. The summed E-state index contributed by atoms with van der Waals surface area (Å²) in [7, 11) is 0. The van der Waals surface area contributed by atoms with Crippen molar-refractivity contribution < 1.29 is 41.0 Å². The molecule has 3 fully saturated rings. The van der Waals surface area contributed by atoms with Crippen molar-refractivity contribution in [1.82, 2.24) is 10.2 Å². The fourth-order valence-corrected chi connectivity index (χ4v) is 3.89. The minimum atomic E-state index is -3.85. The Morgan fingerprint density at radius 2 is 1.60 bits per heavy atom. The third-order valence-corrected chi connectivity index (χ3v) is 5.17. The van der Waals surface area contributed by atoms with Crippen molar-refractivity contribution in [2.75, 3.05) is 6.54 Å². The number of nitrogens with one attached hydrogen (secondary N) is 1. The van der Waals surface area contributed by atoms with Crippen molar-refractivity contribution in [2.45, 2.75) is 67.6 Å². The van der Waals surface area contributed by atoms with Gasteiger partial charge in [0.25, 0.3) is 17.8 Å². The van der Waals surface area contributed by atoms with Crippen LogP contribution in [0, 0.1) is 0 Å². The lowest BCUT2D eigenvalue weighted by Gasteiger charge is -2.38. The van der Waals surface area contributed by atoms with Gasteiger partial charge >= 0.3 is 11.8 Å². The number of hydrogen-bond donors (Lipinski definition) is 2. The lowest BCUT2D eigenvalue weighted by Crippen LogP contribution is -2.58. The molecule has 0 bridgehead atoms. The Bertz CT molecular complexity index is 605. The van der Waals surface area contributed by atoms with E-state index in [1.54, 1.807) is 0 Å². The molecule has 2 N–H and O–H groups in total. The summed E-state index contributed by atoms with van der Waals surface area (Å²) in [5, 5.41) is 11.8. The van der Waals surface area contributed by atoms with Crippen LogP contribution in [-0.2, 0) is 9.59 Å². The van der Waals surface area contributed by atoms with Crippen LogP contribution >= 0.6 is 0 Å². The molecular formula is C14H16F6N2O3. The highest BCUT2D eigenvalue weighted by molar-refractivity contribution is 6.35. The first kappa shape index (κ1) is 18.3. The van der Waals surface area contributed by atoms with Crippen LogP contribution < -0.4 is 5.32 Å². The average Bonchev–Trinajstić information content (AvgIpc) is 2.86. The van der Waals surface area contributed by atoms with E-state index in [-0.39, 0.29) is 4.90 Å². The van der Waals surface area contributed by atoms with Gasteiger partial charge in [-0.15, -0.1) is 0 Å². The zero-order valence-corrected chi connectivity index (χ0v) is 12.9. The Balaban J connectivity index is 1.77. The quantitative estimate of drug-likeness (QED) is 0.537. The summed E-state index contributed by atoms with van der Waals surface area (Å²) in [6.45, 7) is -1.38. The molecule has 2 saturated carbocycles. The van der Waals surface area contributed by atoms with Gasteiger partial charge in [0, 0.05) is 31.7 Å². The van der Waals surface area contributed by atoms with E-state index >= 15 is 0 Å². The number of aliphatic hydroxyl groups excluding tert-OH is 1. The molecule has 0 aromatic heterocycles. The molecule has 25 heavy (non-hydrogen) atoms. The zero-order valence-electron chi connectivity index (χ0n) is 12.9. The molecule has 5 nitrogen and oxygen atoms in total. The van der Waals surface area contributed by atoms with Crippen LogP contribution in [0.5, 0.6) is 0 Å². The number of alkyl halides is 6. The van der Waals surface area contributed by atoms with E-state index in [2.05, 4.69) is 0 Å². The second kappa shape index (κ2) is 5.24. The molecule has 0 aromatic carbocycles. The van der Waals surface area contributed by atoms with Gasteiger partial charge < -0.3 is 15.3 Å². The Morgan fingerprint density at radius 1 is 1.00 bits per heavy atom. The van der Waals surface area contributed by atoms with Gasteiger partial charge in [-0.2, -0.15) is 0 Å². The molecule has 1 heterocycles. The van der Waals surface area contributed by atoms with Gasteiger partial charge in [-0.1, -0.05) is 0 Å². The minimum Gasteiger partial charge on any atom is -0.384 e. The van der Waals surface area contributed by atoms with Gasteiger partial charge in [0.15, 0.2) is 0 Å². The maximum atomic E-state index is 13.9. The summed E-state index contributed by atoms with van der Waals surface area (Å²) in [5.74, 6) is -13.1. The second-order valence-electron chi connectivity index (χ2n) is 7.13. The van der Waals surface area contributed by atoms with Crippen LogP contribution in [0.3, 0.4) is 0 Å². The molecule has 1 spiro atoms. The van der Waals surface area contributed by atoms with Crippen molar-refractivity contribution >= 4 is 11.8 Å². The SMILES string of the molecule is O=C(NC1CC(F)(F)C1)C(=O)N1CC(F)(F)[C@H](O)[C@@]12CCC(F)(F)C2. The first-order chi connectivity index (χ1) is 11.3. The fourth-order valence-electron chi connectivity index (χ4n) is 3.89. The standard InChI is InChI=1S/C14H16F6N2O3/c15-12(16)2-1-11(5-12)10(25)14(19,20)6-22(11)9(24)8(23)21-7-3-13(17,18)4-7/h7,10,25H,1-6H2,(H,21,23)/t10-,11+/m1/s1. The summed E-state index contributed by atoms with van der Waals surface area (Å²) in [6, 6.07) is -0.986. The third-order valence-electron chi connectivity index (χ3n) is 5.17. The number of aliphatic hydroxyl groups is 1. The number of hydrogen-bond acceptors (Lipinski definition) is 3. The number of nitrogens with zero attached hydrogens (tertiary/aromatic N) is 1. The molecule has 0 radical (unpaired) electrons. The number of likely N-dealkylation sites (tertiary alicyclic amines) is 1. The van der Waals surface area contributed by atoms with E-state index in [0.717, 1.165) is 0 Å². The van der Waals surface area contributed by atoms with Crippen molar-refractivity contribution in [3.63, 3.8) is 0 Å². The third kappa shape index (κ3) is 2.96. The smallest absolute Gasteiger partial charge is 0.312 e. The van der Waals surface area contributed by atoms with Gasteiger partial charge in [-0.25, -0.2) is 26.3 Å². The Labute approximate surface area is 138 Å².